The SMILES string of the molecule is CC(C)c1cccc(-c2cn([C@@H]3O[C@H](CO)[C@@H](O)[C@H]3O)c3ncnc(N)c23)c1. The molecule has 148 valence electrons. The first-order valence-electron chi connectivity index (χ1n) is 9.26. The number of nitrogen functional groups attached to an aromatic ring is 1. The number of nitrogens with zero attached hydrogens (tertiary/aromatic N) is 3. The highest BCUT2D eigenvalue weighted by Gasteiger charge is 2.44. The number of rotatable bonds is 4. The lowest BCUT2D eigenvalue weighted by atomic mass is 9.97. The summed E-state index contributed by atoms with van der Waals surface area (Å²) >= 11 is 0. The molecule has 8 heteroatoms. The fraction of sp³-hybridized carbons (Fsp3) is 0.400. The highest BCUT2D eigenvalue weighted by molar-refractivity contribution is 6.00. The molecule has 1 fully saturated rings. The molecule has 3 heterocycles. The predicted octanol–water partition coefficient (Wildman–Crippen LogP) is 1.42. The summed E-state index contributed by atoms with van der Waals surface area (Å²) < 4.78 is 7.34. The van der Waals surface area contributed by atoms with Crippen molar-refractivity contribution in [3.05, 3.63) is 42.4 Å². The molecule has 0 unspecified atom stereocenters. The Morgan fingerprint density at radius 2 is 2.00 bits per heavy atom. The summed E-state index contributed by atoms with van der Waals surface area (Å²) in [7, 11) is 0. The third kappa shape index (κ3) is 2.94. The Bertz CT molecular complexity index is 1000. The average molecular weight is 384 g/mol. The molecule has 5 N–H and O–H groups in total. The van der Waals surface area contributed by atoms with E-state index in [0.29, 0.717) is 22.8 Å². The van der Waals surface area contributed by atoms with E-state index in [2.05, 4.69) is 35.9 Å². The minimum absolute atomic E-state index is 0.320. The second-order valence-corrected chi connectivity index (χ2v) is 7.42. The molecular formula is C20H24N4O4. The van der Waals surface area contributed by atoms with Crippen molar-refractivity contribution in [2.24, 2.45) is 0 Å². The Balaban J connectivity index is 1.89. The molecule has 0 bridgehead atoms. The zero-order chi connectivity index (χ0) is 20.0. The van der Waals surface area contributed by atoms with Gasteiger partial charge in [-0.15, -0.1) is 0 Å². The third-order valence-corrected chi connectivity index (χ3v) is 5.29. The summed E-state index contributed by atoms with van der Waals surface area (Å²) in [6.07, 6.45) is -1.02. The zero-order valence-corrected chi connectivity index (χ0v) is 15.7. The van der Waals surface area contributed by atoms with Crippen molar-refractivity contribution < 1.29 is 20.1 Å². The van der Waals surface area contributed by atoms with Gasteiger partial charge in [0.2, 0.25) is 0 Å². The number of anilines is 1. The van der Waals surface area contributed by atoms with Crippen LogP contribution in [0.3, 0.4) is 0 Å². The van der Waals surface area contributed by atoms with Crippen LogP contribution in [0.15, 0.2) is 36.8 Å². The smallest absolute Gasteiger partial charge is 0.164 e. The average Bonchev–Trinajstić information content (AvgIpc) is 3.21. The van der Waals surface area contributed by atoms with Crippen LogP contribution in [0.4, 0.5) is 5.82 Å². The van der Waals surface area contributed by atoms with Crippen molar-refractivity contribution in [3.8, 4) is 11.1 Å². The normalized spacial score (nSPS) is 25.1. The van der Waals surface area contributed by atoms with E-state index in [0.717, 1.165) is 11.1 Å². The second-order valence-electron chi connectivity index (χ2n) is 7.42. The molecule has 28 heavy (non-hydrogen) atoms. The first-order valence-corrected chi connectivity index (χ1v) is 9.26. The maximum Gasteiger partial charge on any atom is 0.164 e. The van der Waals surface area contributed by atoms with Crippen LogP contribution in [0.5, 0.6) is 0 Å². The van der Waals surface area contributed by atoms with E-state index in [1.165, 1.54) is 11.9 Å². The van der Waals surface area contributed by atoms with Crippen molar-refractivity contribution >= 4 is 16.9 Å². The Morgan fingerprint density at radius 3 is 2.68 bits per heavy atom. The van der Waals surface area contributed by atoms with E-state index in [-0.39, 0.29) is 0 Å². The summed E-state index contributed by atoms with van der Waals surface area (Å²) in [5, 5.41) is 30.6. The van der Waals surface area contributed by atoms with Crippen LogP contribution < -0.4 is 5.73 Å². The number of aliphatic hydroxyl groups is 3. The molecule has 0 saturated carbocycles. The monoisotopic (exact) mass is 384 g/mol. The lowest BCUT2D eigenvalue weighted by molar-refractivity contribution is -0.0508. The van der Waals surface area contributed by atoms with Crippen LogP contribution in [-0.4, -0.2) is 54.8 Å². The number of fused-ring (bicyclic) bond motifs is 1. The van der Waals surface area contributed by atoms with E-state index in [1.807, 2.05) is 12.1 Å². The van der Waals surface area contributed by atoms with Gasteiger partial charge in [0.15, 0.2) is 6.23 Å². The molecule has 4 atom stereocenters. The number of benzene rings is 1. The van der Waals surface area contributed by atoms with Gasteiger partial charge >= 0.3 is 0 Å². The molecule has 0 radical (unpaired) electrons. The van der Waals surface area contributed by atoms with Crippen LogP contribution in [0, 0.1) is 0 Å². The number of nitrogens with two attached hydrogens (primary N) is 1. The Labute approximate surface area is 162 Å². The van der Waals surface area contributed by atoms with Gasteiger partial charge in [-0.3, -0.25) is 0 Å². The largest absolute Gasteiger partial charge is 0.394 e. The number of ether oxygens (including phenoxy) is 1. The van der Waals surface area contributed by atoms with Crippen LogP contribution in [0.25, 0.3) is 22.2 Å². The summed E-state index contributed by atoms with van der Waals surface area (Å²) in [5.41, 5.74) is 9.60. The van der Waals surface area contributed by atoms with Gasteiger partial charge < -0.3 is 30.4 Å². The number of aromatic nitrogens is 3. The van der Waals surface area contributed by atoms with E-state index < -0.39 is 31.1 Å². The minimum atomic E-state index is -1.21. The minimum Gasteiger partial charge on any atom is -0.394 e. The van der Waals surface area contributed by atoms with Gasteiger partial charge in [0, 0.05) is 11.8 Å². The first-order chi connectivity index (χ1) is 13.4. The molecule has 3 aromatic rings. The quantitative estimate of drug-likeness (QED) is 0.536. The van der Waals surface area contributed by atoms with Gasteiger partial charge in [0.25, 0.3) is 0 Å². The molecule has 0 aliphatic carbocycles. The van der Waals surface area contributed by atoms with Crippen LogP contribution in [-0.2, 0) is 4.74 Å². The standard InChI is InChI=1S/C20H24N4O4/c1-10(2)11-4-3-5-12(6-11)13-7-24(19-15(13)18(21)22-9-23-19)20-17(27)16(26)14(8-25)28-20/h3-7,9-10,14,16-17,20,25-27H,8H2,1-2H3,(H2,21,22,23)/t14-,16-,17-,20-/m1/s1. The molecule has 0 amide bonds. The molecular weight excluding hydrogens is 360 g/mol. The van der Waals surface area contributed by atoms with E-state index in [1.54, 1.807) is 10.8 Å². The number of hydrogen-bond donors (Lipinski definition) is 4. The van der Waals surface area contributed by atoms with Gasteiger partial charge in [0.1, 0.15) is 36.1 Å². The summed E-state index contributed by atoms with van der Waals surface area (Å²) in [6, 6.07) is 8.13. The molecule has 1 aliphatic rings. The fourth-order valence-corrected chi connectivity index (χ4v) is 3.70. The lowest BCUT2D eigenvalue weighted by Crippen LogP contribution is -2.33. The maximum absolute atomic E-state index is 10.5. The highest BCUT2D eigenvalue weighted by atomic mass is 16.6. The Morgan fingerprint density at radius 1 is 1.21 bits per heavy atom. The lowest BCUT2D eigenvalue weighted by Gasteiger charge is -2.17. The highest BCUT2D eigenvalue weighted by Crippen LogP contribution is 2.38. The van der Waals surface area contributed by atoms with Crippen molar-refractivity contribution in [1.82, 2.24) is 14.5 Å². The Hall–Kier alpha value is -2.52. The van der Waals surface area contributed by atoms with Crippen molar-refractivity contribution in [1.29, 1.82) is 0 Å². The third-order valence-electron chi connectivity index (χ3n) is 5.29. The molecule has 8 nitrogen and oxygen atoms in total. The van der Waals surface area contributed by atoms with Crippen molar-refractivity contribution in [2.45, 2.75) is 44.3 Å². The van der Waals surface area contributed by atoms with Gasteiger partial charge in [0.05, 0.1) is 12.0 Å². The predicted molar refractivity (Wildman–Crippen MR) is 104 cm³/mol. The summed E-state index contributed by atoms with van der Waals surface area (Å²) in [5.74, 6) is 0.683. The zero-order valence-electron chi connectivity index (χ0n) is 15.7. The molecule has 2 aromatic heterocycles. The van der Waals surface area contributed by atoms with E-state index >= 15 is 0 Å². The van der Waals surface area contributed by atoms with E-state index in [4.69, 9.17) is 10.5 Å². The maximum atomic E-state index is 10.5. The van der Waals surface area contributed by atoms with Crippen LogP contribution in [0.1, 0.15) is 31.6 Å². The fourth-order valence-electron chi connectivity index (χ4n) is 3.70. The van der Waals surface area contributed by atoms with Crippen LogP contribution in [0.2, 0.25) is 0 Å². The van der Waals surface area contributed by atoms with Gasteiger partial charge in [-0.1, -0.05) is 38.1 Å². The van der Waals surface area contributed by atoms with Crippen molar-refractivity contribution in [3.63, 3.8) is 0 Å². The van der Waals surface area contributed by atoms with Gasteiger partial charge in [-0.05, 0) is 17.0 Å². The number of hydrogen-bond acceptors (Lipinski definition) is 7. The van der Waals surface area contributed by atoms with E-state index in [9.17, 15) is 15.3 Å². The Kier molecular flexibility index (Phi) is 4.80. The molecule has 4 rings (SSSR count). The summed E-state index contributed by atoms with van der Waals surface area (Å²) in [4.78, 5) is 8.45. The molecule has 0 spiro atoms. The van der Waals surface area contributed by atoms with Crippen LogP contribution >= 0.6 is 0 Å². The second kappa shape index (κ2) is 7.14. The number of aliphatic hydroxyl groups excluding tert-OH is 3. The first kappa shape index (κ1) is 18.8. The molecule has 1 aliphatic heterocycles. The van der Waals surface area contributed by atoms with Gasteiger partial charge in [-0.25, -0.2) is 9.97 Å². The molecule has 1 saturated heterocycles. The molecule has 1 aromatic carbocycles. The topological polar surface area (TPSA) is 127 Å². The van der Waals surface area contributed by atoms with Crippen molar-refractivity contribution in [2.75, 3.05) is 12.3 Å². The van der Waals surface area contributed by atoms with Gasteiger partial charge in [-0.2, -0.15) is 0 Å². The summed E-state index contributed by atoms with van der Waals surface area (Å²) in [6.45, 7) is 3.85.